The average Bonchev–Trinajstić information content (AvgIpc) is 2.99. The Morgan fingerprint density at radius 2 is 1.50 bits per heavy atom. The van der Waals surface area contributed by atoms with Crippen LogP contribution in [0.15, 0.2) is 0 Å². The monoisotopic (exact) mass is 304 g/mol. The molecule has 122 valence electrons. The Morgan fingerprint density at radius 1 is 1.00 bits per heavy atom. The second kappa shape index (κ2) is 5.24. The molecule has 22 heavy (non-hydrogen) atoms. The standard InChI is InChI=1S/C18H28N2O2/c1-12(16(21)20-4-2-3-5-20)19-17(22)18-9-13-6-14(10-18)8-15(7-13)11-18/h12-15H,2-11H2,1H3,(H,19,22). The Morgan fingerprint density at radius 3 is 2.00 bits per heavy atom. The van der Waals surface area contributed by atoms with Crippen LogP contribution in [0.5, 0.6) is 0 Å². The van der Waals surface area contributed by atoms with E-state index in [1.165, 1.54) is 19.3 Å². The van der Waals surface area contributed by atoms with Gasteiger partial charge in [-0.3, -0.25) is 9.59 Å². The summed E-state index contributed by atoms with van der Waals surface area (Å²) in [6, 6.07) is -0.362. The lowest BCUT2D eigenvalue weighted by Gasteiger charge is -2.55. The number of carbonyl (C=O) groups is 2. The van der Waals surface area contributed by atoms with Crippen molar-refractivity contribution >= 4 is 11.8 Å². The molecule has 1 atom stereocenters. The lowest BCUT2D eigenvalue weighted by molar-refractivity contribution is -0.149. The van der Waals surface area contributed by atoms with Gasteiger partial charge in [0.25, 0.3) is 0 Å². The third-order valence-electron chi connectivity index (χ3n) is 6.66. The molecule has 0 aromatic rings. The molecule has 4 heteroatoms. The number of nitrogens with one attached hydrogen (secondary N) is 1. The fourth-order valence-corrected chi connectivity index (χ4v) is 6.01. The Bertz CT molecular complexity index is 446. The van der Waals surface area contributed by atoms with Crippen molar-refractivity contribution in [1.82, 2.24) is 10.2 Å². The summed E-state index contributed by atoms with van der Waals surface area (Å²) >= 11 is 0. The summed E-state index contributed by atoms with van der Waals surface area (Å²) in [4.78, 5) is 27.3. The maximum absolute atomic E-state index is 12.9. The molecule has 1 N–H and O–H groups in total. The van der Waals surface area contributed by atoms with Crippen molar-refractivity contribution in [3.05, 3.63) is 0 Å². The van der Waals surface area contributed by atoms with Crippen LogP contribution in [-0.2, 0) is 9.59 Å². The number of amides is 2. The molecule has 1 aliphatic heterocycles. The van der Waals surface area contributed by atoms with E-state index in [-0.39, 0.29) is 23.3 Å². The zero-order valence-electron chi connectivity index (χ0n) is 13.6. The van der Waals surface area contributed by atoms with Crippen molar-refractivity contribution in [2.45, 2.75) is 64.3 Å². The highest BCUT2D eigenvalue weighted by Crippen LogP contribution is 2.60. The molecule has 0 aromatic carbocycles. The topological polar surface area (TPSA) is 49.4 Å². The summed E-state index contributed by atoms with van der Waals surface area (Å²) in [5.41, 5.74) is -0.145. The average molecular weight is 304 g/mol. The van der Waals surface area contributed by atoms with Crippen molar-refractivity contribution < 1.29 is 9.59 Å². The summed E-state index contributed by atoms with van der Waals surface area (Å²) in [5.74, 6) is 2.58. The predicted molar refractivity (Wildman–Crippen MR) is 84.0 cm³/mol. The molecule has 4 saturated carbocycles. The molecule has 5 aliphatic rings. The van der Waals surface area contributed by atoms with Gasteiger partial charge >= 0.3 is 0 Å². The van der Waals surface area contributed by atoms with Gasteiger partial charge in [0, 0.05) is 18.5 Å². The van der Waals surface area contributed by atoms with Gasteiger partial charge in [-0.25, -0.2) is 0 Å². The largest absolute Gasteiger partial charge is 0.344 e. The van der Waals surface area contributed by atoms with Crippen LogP contribution in [0.3, 0.4) is 0 Å². The minimum absolute atomic E-state index is 0.107. The van der Waals surface area contributed by atoms with Crippen LogP contribution in [-0.4, -0.2) is 35.8 Å². The molecule has 2 amide bonds. The van der Waals surface area contributed by atoms with Gasteiger partial charge in [-0.15, -0.1) is 0 Å². The molecule has 1 heterocycles. The van der Waals surface area contributed by atoms with Crippen LogP contribution in [0.1, 0.15) is 58.3 Å². The SMILES string of the molecule is CC(NC(=O)C12CC3CC(CC(C3)C1)C2)C(=O)N1CCCC1. The number of likely N-dealkylation sites (tertiary alicyclic amines) is 1. The minimum Gasteiger partial charge on any atom is -0.344 e. The van der Waals surface area contributed by atoms with Gasteiger partial charge in [0.2, 0.25) is 11.8 Å². The molecular formula is C18H28N2O2. The Labute approximate surface area is 133 Å². The first-order chi connectivity index (χ1) is 10.6. The molecule has 0 spiro atoms. The van der Waals surface area contributed by atoms with Crippen molar-refractivity contribution in [2.75, 3.05) is 13.1 Å². The molecule has 4 nitrogen and oxygen atoms in total. The van der Waals surface area contributed by atoms with Gasteiger partial charge in [0.1, 0.15) is 6.04 Å². The summed E-state index contributed by atoms with van der Waals surface area (Å²) in [6.07, 6.45) is 9.42. The smallest absolute Gasteiger partial charge is 0.244 e. The number of rotatable bonds is 3. The van der Waals surface area contributed by atoms with Crippen molar-refractivity contribution in [1.29, 1.82) is 0 Å². The number of carbonyl (C=O) groups excluding carboxylic acids is 2. The van der Waals surface area contributed by atoms with E-state index >= 15 is 0 Å². The molecule has 4 bridgehead atoms. The van der Waals surface area contributed by atoms with E-state index in [0.29, 0.717) is 0 Å². The van der Waals surface area contributed by atoms with Crippen LogP contribution < -0.4 is 5.32 Å². The van der Waals surface area contributed by atoms with Crippen molar-refractivity contribution in [2.24, 2.45) is 23.2 Å². The van der Waals surface area contributed by atoms with E-state index < -0.39 is 0 Å². The maximum atomic E-state index is 12.9. The van der Waals surface area contributed by atoms with Gasteiger partial charge in [-0.1, -0.05) is 0 Å². The van der Waals surface area contributed by atoms with Crippen molar-refractivity contribution in [3.63, 3.8) is 0 Å². The molecule has 1 saturated heterocycles. The lowest BCUT2D eigenvalue weighted by atomic mass is 9.49. The molecule has 5 fully saturated rings. The van der Waals surface area contributed by atoms with E-state index in [4.69, 9.17) is 0 Å². The number of hydrogen-bond donors (Lipinski definition) is 1. The third-order valence-corrected chi connectivity index (χ3v) is 6.66. The maximum Gasteiger partial charge on any atom is 0.244 e. The molecule has 0 aromatic heterocycles. The van der Waals surface area contributed by atoms with Gasteiger partial charge in [0.05, 0.1) is 0 Å². The minimum atomic E-state index is -0.362. The highest BCUT2D eigenvalue weighted by atomic mass is 16.2. The van der Waals surface area contributed by atoms with Gasteiger partial charge in [-0.05, 0) is 76.0 Å². The van der Waals surface area contributed by atoms with E-state index in [2.05, 4.69) is 5.32 Å². The highest BCUT2D eigenvalue weighted by Gasteiger charge is 2.54. The summed E-state index contributed by atoms with van der Waals surface area (Å²) in [7, 11) is 0. The van der Waals surface area contributed by atoms with Crippen LogP contribution in [0.4, 0.5) is 0 Å². The van der Waals surface area contributed by atoms with Crippen LogP contribution >= 0.6 is 0 Å². The second-order valence-electron chi connectivity index (χ2n) is 8.43. The molecule has 4 aliphatic carbocycles. The molecule has 0 radical (unpaired) electrons. The zero-order chi connectivity index (χ0) is 15.3. The Kier molecular flexibility index (Phi) is 3.46. The van der Waals surface area contributed by atoms with Crippen LogP contribution in [0.25, 0.3) is 0 Å². The number of nitrogens with zero attached hydrogens (tertiary/aromatic N) is 1. The fourth-order valence-electron chi connectivity index (χ4n) is 6.01. The highest BCUT2D eigenvalue weighted by molar-refractivity contribution is 5.90. The molecule has 1 unspecified atom stereocenters. The first kappa shape index (κ1) is 14.5. The predicted octanol–water partition coefficient (Wildman–Crippen LogP) is 2.33. The summed E-state index contributed by atoms with van der Waals surface area (Å²) in [5, 5.41) is 3.08. The molecular weight excluding hydrogens is 276 g/mol. The molecule has 5 rings (SSSR count). The first-order valence-electron chi connectivity index (χ1n) is 9.15. The van der Waals surface area contributed by atoms with Crippen molar-refractivity contribution in [3.8, 4) is 0 Å². The Balaban J connectivity index is 1.42. The van der Waals surface area contributed by atoms with E-state index in [9.17, 15) is 9.59 Å². The Hall–Kier alpha value is -1.06. The van der Waals surface area contributed by atoms with Crippen LogP contribution in [0.2, 0.25) is 0 Å². The zero-order valence-corrected chi connectivity index (χ0v) is 13.6. The second-order valence-corrected chi connectivity index (χ2v) is 8.43. The van der Waals surface area contributed by atoms with Crippen LogP contribution in [0, 0.1) is 23.2 Å². The van der Waals surface area contributed by atoms with E-state index in [1.807, 2.05) is 11.8 Å². The fraction of sp³-hybridized carbons (Fsp3) is 0.889. The lowest BCUT2D eigenvalue weighted by Crippen LogP contribution is -2.56. The van der Waals surface area contributed by atoms with E-state index in [0.717, 1.165) is 62.9 Å². The first-order valence-corrected chi connectivity index (χ1v) is 9.15. The number of hydrogen-bond acceptors (Lipinski definition) is 2. The van der Waals surface area contributed by atoms with E-state index in [1.54, 1.807) is 0 Å². The van der Waals surface area contributed by atoms with Gasteiger partial charge in [-0.2, -0.15) is 0 Å². The summed E-state index contributed by atoms with van der Waals surface area (Å²) in [6.45, 7) is 3.58. The summed E-state index contributed by atoms with van der Waals surface area (Å²) < 4.78 is 0. The van der Waals surface area contributed by atoms with Gasteiger partial charge < -0.3 is 10.2 Å². The third kappa shape index (κ3) is 2.35. The quantitative estimate of drug-likeness (QED) is 0.870. The normalized spacial score (nSPS) is 40.8. The van der Waals surface area contributed by atoms with Gasteiger partial charge in [0.15, 0.2) is 0 Å².